The second-order valence-corrected chi connectivity index (χ2v) is 6.72. The molecule has 160 valence electrons. The van der Waals surface area contributed by atoms with Gasteiger partial charge < -0.3 is 9.47 Å². The van der Waals surface area contributed by atoms with Crippen LogP contribution in [0.3, 0.4) is 0 Å². The molecule has 32 heavy (non-hydrogen) atoms. The Bertz CT molecular complexity index is 1310. The highest BCUT2D eigenvalue weighted by Crippen LogP contribution is 2.32. The lowest BCUT2D eigenvalue weighted by Crippen LogP contribution is -2.07. The van der Waals surface area contributed by atoms with Crippen LogP contribution in [0.4, 0.5) is 11.4 Å². The summed E-state index contributed by atoms with van der Waals surface area (Å²) in [5.41, 5.74) is -0.528. The van der Waals surface area contributed by atoms with Crippen molar-refractivity contribution >= 4 is 40.1 Å². The zero-order valence-electron chi connectivity index (χ0n) is 16.7. The maximum Gasteiger partial charge on any atom is 0.363 e. The maximum atomic E-state index is 12.5. The number of nitro benzene ring substituents is 2. The fourth-order valence-electron chi connectivity index (χ4n) is 3.30. The molecule has 0 radical (unpaired) electrons. The number of esters is 1. The molecule has 0 N–H and O–H groups in total. The summed E-state index contributed by atoms with van der Waals surface area (Å²) in [6.45, 7) is 2.24. The SMILES string of the molecule is CCOc1ccc2ccccc2c1/C=C1\N=C(c2cc([N+](=O)[O-])cc([N+](=O)[O-])c2)OC1=O. The summed E-state index contributed by atoms with van der Waals surface area (Å²) in [5.74, 6) is -0.503. The lowest BCUT2D eigenvalue weighted by molar-refractivity contribution is -0.394. The van der Waals surface area contributed by atoms with Crippen LogP contribution in [0, 0.1) is 20.2 Å². The highest BCUT2D eigenvalue weighted by molar-refractivity contribution is 6.14. The predicted molar refractivity (Wildman–Crippen MR) is 115 cm³/mol. The third-order valence-electron chi connectivity index (χ3n) is 4.70. The van der Waals surface area contributed by atoms with Gasteiger partial charge in [-0.3, -0.25) is 20.2 Å². The molecule has 0 fully saturated rings. The van der Waals surface area contributed by atoms with Crippen LogP contribution in [0.1, 0.15) is 18.1 Å². The van der Waals surface area contributed by atoms with E-state index in [2.05, 4.69) is 4.99 Å². The van der Waals surface area contributed by atoms with Gasteiger partial charge in [0.15, 0.2) is 5.70 Å². The maximum absolute atomic E-state index is 12.5. The fraction of sp³-hybridized carbons (Fsp3) is 0.0909. The molecule has 4 rings (SSSR count). The Balaban J connectivity index is 1.84. The molecule has 0 saturated carbocycles. The molecule has 0 aliphatic carbocycles. The number of non-ortho nitro benzene ring substituents is 2. The predicted octanol–water partition coefficient (Wildman–Crippen LogP) is 4.40. The number of fused-ring (bicyclic) bond motifs is 1. The van der Waals surface area contributed by atoms with Crippen LogP contribution in [-0.4, -0.2) is 28.3 Å². The van der Waals surface area contributed by atoms with Crippen molar-refractivity contribution in [2.24, 2.45) is 4.99 Å². The Labute approximate surface area is 180 Å². The van der Waals surface area contributed by atoms with Crippen LogP contribution in [0.2, 0.25) is 0 Å². The zero-order chi connectivity index (χ0) is 22.8. The smallest absolute Gasteiger partial charge is 0.363 e. The Hall–Kier alpha value is -4.60. The van der Waals surface area contributed by atoms with Gasteiger partial charge in [0, 0.05) is 17.7 Å². The molecule has 10 nitrogen and oxygen atoms in total. The Morgan fingerprint density at radius 2 is 1.72 bits per heavy atom. The van der Waals surface area contributed by atoms with E-state index in [4.69, 9.17) is 9.47 Å². The van der Waals surface area contributed by atoms with Crippen molar-refractivity contribution in [3.8, 4) is 5.75 Å². The standard InChI is InChI=1S/C22H15N3O7/c1-2-31-20-8-7-13-5-3-4-6-17(13)18(20)12-19-22(26)32-21(23-19)14-9-15(24(27)28)11-16(10-14)25(29)30/h3-12H,2H2,1H3/b19-12-. The number of carbonyl (C=O) groups excluding carboxylic acids is 1. The van der Waals surface area contributed by atoms with E-state index in [0.29, 0.717) is 17.9 Å². The van der Waals surface area contributed by atoms with E-state index in [9.17, 15) is 25.0 Å². The zero-order valence-corrected chi connectivity index (χ0v) is 16.7. The molecular weight excluding hydrogens is 418 g/mol. The number of aliphatic imine (C=N–C) groups is 1. The number of ether oxygens (including phenoxy) is 2. The number of nitro groups is 2. The van der Waals surface area contributed by atoms with Gasteiger partial charge in [-0.05, 0) is 29.8 Å². The molecule has 1 heterocycles. The van der Waals surface area contributed by atoms with Gasteiger partial charge >= 0.3 is 5.97 Å². The molecule has 0 saturated heterocycles. The van der Waals surface area contributed by atoms with E-state index in [1.807, 2.05) is 37.3 Å². The van der Waals surface area contributed by atoms with Crippen LogP contribution in [0.5, 0.6) is 5.75 Å². The van der Waals surface area contributed by atoms with Gasteiger partial charge in [-0.15, -0.1) is 0 Å². The molecule has 1 aliphatic heterocycles. The Kier molecular flexibility index (Phi) is 5.34. The molecule has 0 aromatic heterocycles. The second-order valence-electron chi connectivity index (χ2n) is 6.72. The quantitative estimate of drug-likeness (QED) is 0.243. The summed E-state index contributed by atoms with van der Waals surface area (Å²) in [6, 6.07) is 14.1. The molecule has 0 unspecified atom stereocenters. The van der Waals surface area contributed by atoms with Gasteiger partial charge in [0.1, 0.15) is 5.75 Å². The van der Waals surface area contributed by atoms with Crippen molar-refractivity contribution in [3.63, 3.8) is 0 Å². The molecule has 3 aromatic carbocycles. The summed E-state index contributed by atoms with van der Waals surface area (Å²) in [6.07, 6.45) is 1.51. The number of hydrogen-bond donors (Lipinski definition) is 0. The van der Waals surface area contributed by atoms with Gasteiger partial charge in [-0.25, -0.2) is 9.79 Å². The lowest BCUT2D eigenvalue weighted by Gasteiger charge is -2.10. The molecule has 0 bridgehead atoms. The number of hydrogen-bond acceptors (Lipinski definition) is 8. The number of benzene rings is 3. The average Bonchev–Trinajstić information content (AvgIpc) is 3.15. The van der Waals surface area contributed by atoms with E-state index in [-0.39, 0.29) is 17.2 Å². The minimum absolute atomic E-state index is 0.0504. The van der Waals surface area contributed by atoms with E-state index in [0.717, 1.165) is 29.0 Å². The van der Waals surface area contributed by atoms with Crippen molar-refractivity contribution in [1.29, 1.82) is 0 Å². The van der Waals surface area contributed by atoms with Crippen molar-refractivity contribution in [3.05, 3.63) is 91.6 Å². The number of rotatable bonds is 6. The van der Waals surface area contributed by atoms with Crippen LogP contribution in [-0.2, 0) is 9.53 Å². The van der Waals surface area contributed by atoms with Crippen LogP contribution >= 0.6 is 0 Å². The van der Waals surface area contributed by atoms with Crippen molar-refractivity contribution in [1.82, 2.24) is 0 Å². The van der Waals surface area contributed by atoms with Crippen LogP contribution < -0.4 is 4.74 Å². The van der Waals surface area contributed by atoms with Crippen molar-refractivity contribution in [2.45, 2.75) is 6.92 Å². The van der Waals surface area contributed by atoms with E-state index < -0.39 is 27.2 Å². The van der Waals surface area contributed by atoms with Crippen LogP contribution in [0.25, 0.3) is 16.8 Å². The summed E-state index contributed by atoms with van der Waals surface area (Å²) in [5, 5.41) is 24.0. The van der Waals surface area contributed by atoms with Gasteiger partial charge in [0.2, 0.25) is 5.90 Å². The molecule has 0 amide bonds. The number of nitrogens with zero attached hydrogens (tertiary/aromatic N) is 3. The normalized spacial score (nSPS) is 14.3. The van der Waals surface area contributed by atoms with Gasteiger partial charge in [0.05, 0.1) is 28.1 Å². The first-order valence-electron chi connectivity index (χ1n) is 9.48. The molecular formula is C22H15N3O7. The second kappa shape index (κ2) is 8.26. The molecule has 10 heteroatoms. The van der Waals surface area contributed by atoms with Gasteiger partial charge in [-0.1, -0.05) is 30.3 Å². The molecule has 1 aliphatic rings. The lowest BCUT2D eigenvalue weighted by atomic mass is 10.0. The molecule has 0 atom stereocenters. The first kappa shape index (κ1) is 20.7. The number of carbonyl (C=O) groups is 1. The highest BCUT2D eigenvalue weighted by atomic mass is 16.6. The third kappa shape index (κ3) is 3.88. The Morgan fingerprint density at radius 1 is 1.03 bits per heavy atom. The number of cyclic esters (lactones) is 1. The van der Waals surface area contributed by atoms with E-state index in [1.54, 1.807) is 6.07 Å². The van der Waals surface area contributed by atoms with Gasteiger partial charge in [-0.2, -0.15) is 0 Å². The topological polar surface area (TPSA) is 134 Å². The average molecular weight is 433 g/mol. The summed E-state index contributed by atoms with van der Waals surface area (Å²) in [4.78, 5) is 37.4. The Morgan fingerprint density at radius 3 is 2.38 bits per heavy atom. The molecule has 3 aromatic rings. The minimum Gasteiger partial charge on any atom is -0.493 e. The van der Waals surface area contributed by atoms with E-state index >= 15 is 0 Å². The molecule has 0 spiro atoms. The summed E-state index contributed by atoms with van der Waals surface area (Å²) in [7, 11) is 0. The van der Waals surface area contributed by atoms with E-state index in [1.165, 1.54) is 6.08 Å². The first-order valence-corrected chi connectivity index (χ1v) is 9.48. The monoisotopic (exact) mass is 433 g/mol. The summed E-state index contributed by atoms with van der Waals surface area (Å²) < 4.78 is 10.9. The van der Waals surface area contributed by atoms with Gasteiger partial charge in [0.25, 0.3) is 11.4 Å². The largest absolute Gasteiger partial charge is 0.493 e. The van der Waals surface area contributed by atoms with Crippen molar-refractivity contribution < 1.29 is 24.1 Å². The van der Waals surface area contributed by atoms with Crippen molar-refractivity contribution in [2.75, 3.05) is 6.61 Å². The fourth-order valence-corrected chi connectivity index (χ4v) is 3.30. The first-order chi connectivity index (χ1) is 15.4. The third-order valence-corrected chi connectivity index (χ3v) is 4.70. The highest BCUT2D eigenvalue weighted by Gasteiger charge is 2.28. The van der Waals surface area contributed by atoms with Crippen LogP contribution in [0.15, 0.2) is 65.3 Å². The summed E-state index contributed by atoms with van der Waals surface area (Å²) >= 11 is 0. The minimum atomic E-state index is -0.787.